The van der Waals surface area contributed by atoms with Gasteiger partial charge in [-0.2, -0.15) is 4.31 Å². The molecular formula is C21H26N2O5S. The number of carbonyl (C=O) groups is 1. The Morgan fingerprint density at radius 1 is 1.03 bits per heavy atom. The highest BCUT2D eigenvalue weighted by atomic mass is 32.2. The number of ether oxygens (including phenoxy) is 2. The van der Waals surface area contributed by atoms with Crippen LogP contribution in [-0.2, 0) is 14.8 Å². The quantitative estimate of drug-likeness (QED) is 0.770. The lowest BCUT2D eigenvalue weighted by Crippen LogP contribution is -2.41. The van der Waals surface area contributed by atoms with Crippen LogP contribution in [0.25, 0.3) is 0 Å². The van der Waals surface area contributed by atoms with E-state index < -0.39 is 16.1 Å². The van der Waals surface area contributed by atoms with Crippen molar-refractivity contribution < 1.29 is 22.7 Å². The fourth-order valence-electron chi connectivity index (χ4n) is 3.12. The number of carbonyl (C=O) groups excluding carboxylic acids is 1. The van der Waals surface area contributed by atoms with Crippen molar-refractivity contribution in [1.29, 1.82) is 0 Å². The number of anilines is 1. The molecule has 1 N–H and O–H groups in total. The normalized spacial score (nSPS) is 15.8. The maximum Gasteiger partial charge on any atom is 0.411 e. The summed E-state index contributed by atoms with van der Waals surface area (Å²) in [5.41, 5.74) is 0.607. The van der Waals surface area contributed by atoms with Crippen LogP contribution in [0.5, 0.6) is 5.75 Å². The Bertz CT molecular complexity index is 906. The molecule has 0 unspecified atom stereocenters. The molecule has 1 saturated heterocycles. The summed E-state index contributed by atoms with van der Waals surface area (Å²) in [7, 11) is -3.51. The number of nitrogens with zero attached hydrogens (tertiary/aromatic N) is 1. The smallest absolute Gasteiger partial charge is 0.411 e. The first-order chi connectivity index (χ1) is 13.8. The van der Waals surface area contributed by atoms with Gasteiger partial charge >= 0.3 is 6.09 Å². The average molecular weight is 419 g/mol. The molecule has 1 heterocycles. The van der Waals surface area contributed by atoms with E-state index in [9.17, 15) is 13.2 Å². The molecular weight excluding hydrogens is 392 g/mol. The van der Waals surface area contributed by atoms with Gasteiger partial charge in [0.15, 0.2) is 0 Å². The molecule has 156 valence electrons. The van der Waals surface area contributed by atoms with Crippen LogP contribution in [0.15, 0.2) is 59.5 Å². The summed E-state index contributed by atoms with van der Waals surface area (Å²) >= 11 is 0. The fraction of sp³-hybridized carbons (Fsp3) is 0.381. The summed E-state index contributed by atoms with van der Waals surface area (Å²) in [6.07, 6.45) is 0.129. The van der Waals surface area contributed by atoms with Crippen LogP contribution in [-0.4, -0.2) is 44.1 Å². The third kappa shape index (κ3) is 5.71. The molecule has 3 rings (SSSR count). The topological polar surface area (TPSA) is 84.9 Å². The minimum Gasteiger partial charge on any atom is -0.491 e. The van der Waals surface area contributed by atoms with Crippen molar-refractivity contribution in [2.45, 2.75) is 43.8 Å². The Morgan fingerprint density at radius 2 is 1.66 bits per heavy atom. The third-order valence-corrected chi connectivity index (χ3v) is 6.44. The van der Waals surface area contributed by atoms with Crippen molar-refractivity contribution in [1.82, 2.24) is 4.31 Å². The standard InChI is InChI=1S/C21H26N2O5S/c1-16(2)27-18-10-8-17(9-11-18)22-21(24)28-19-12-14-23(15-13-19)29(25,26)20-6-4-3-5-7-20/h3-11,16,19H,12-15H2,1-2H3,(H,22,24). The Kier molecular flexibility index (Phi) is 6.76. The van der Waals surface area contributed by atoms with E-state index in [1.165, 1.54) is 4.31 Å². The predicted octanol–water partition coefficient (Wildman–Crippen LogP) is 3.88. The molecule has 1 aliphatic heterocycles. The number of piperidine rings is 1. The van der Waals surface area contributed by atoms with Gasteiger partial charge in [-0.05, 0) is 63.1 Å². The van der Waals surface area contributed by atoms with Crippen LogP contribution in [0.2, 0.25) is 0 Å². The first kappa shape index (κ1) is 21.1. The molecule has 0 saturated carbocycles. The zero-order valence-electron chi connectivity index (χ0n) is 16.6. The molecule has 0 atom stereocenters. The van der Waals surface area contributed by atoms with Gasteiger partial charge in [0.25, 0.3) is 0 Å². The van der Waals surface area contributed by atoms with E-state index in [0.29, 0.717) is 31.6 Å². The van der Waals surface area contributed by atoms with E-state index >= 15 is 0 Å². The number of sulfonamides is 1. The van der Waals surface area contributed by atoms with Gasteiger partial charge in [-0.15, -0.1) is 0 Å². The zero-order chi connectivity index (χ0) is 20.9. The second-order valence-corrected chi connectivity index (χ2v) is 9.08. The molecule has 29 heavy (non-hydrogen) atoms. The highest BCUT2D eigenvalue weighted by Gasteiger charge is 2.30. The summed E-state index contributed by atoms with van der Waals surface area (Å²) in [5.74, 6) is 0.728. The van der Waals surface area contributed by atoms with Gasteiger partial charge in [0.05, 0.1) is 11.0 Å². The number of benzene rings is 2. The molecule has 0 spiro atoms. The Morgan fingerprint density at radius 3 is 2.24 bits per heavy atom. The van der Waals surface area contributed by atoms with Gasteiger partial charge in [-0.1, -0.05) is 18.2 Å². The van der Waals surface area contributed by atoms with Crippen LogP contribution in [0.1, 0.15) is 26.7 Å². The van der Waals surface area contributed by atoms with E-state index in [1.54, 1.807) is 54.6 Å². The van der Waals surface area contributed by atoms with E-state index in [1.807, 2.05) is 13.8 Å². The number of hydrogen-bond donors (Lipinski definition) is 1. The number of hydrogen-bond acceptors (Lipinski definition) is 5. The van der Waals surface area contributed by atoms with Crippen molar-refractivity contribution in [2.24, 2.45) is 0 Å². The number of nitrogens with one attached hydrogen (secondary N) is 1. The van der Waals surface area contributed by atoms with Gasteiger partial charge in [0.2, 0.25) is 10.0 Å². The van der Waals surface area contributed by atoms with Gasteiger partial charge in [-0.3, -0.25) is 5.32 Å². The van der Waals surface area contributed by atoms with Crippen molar-refractivity contribution in [3.8, 4) is 5.75 Å². The van der Waals surface area contributed by atoms with E-state index in [0.717, 1.165) is 5.75 Å². The van der Waals surface area contributed by atoms with Crippen molar-refractivity contribution >= 4 is 21.8 Å². The molecule has 0 radical (unpaired) electrons. The Labute approximate surface area is 171 Å². The van der Waals surface area contributed by atoms with Crippen molar-refractivity contribution in [2.75, 3.05) is 18.4 Å². The van der Waals surface area contributed by atoms with Gasteiger partial charge in [0, 0.05) is 18.8 Å². The minimum atomic E-state index is -3.51. The highest BCUT2D eigenvalue weighted by Crippen LogP contribution is 2.23. The molecule has 1 fully saturated rings. The molecule has 0 bridgehead atoms. The summed E-state index contributed by atoms with van der Waals surface area (Å²) in [6.45, 7) is 4.52. The lowest BCUT2D eigenvalue weighted by molar-refractivity contribution is 0.0774. The Balaban J connectivity index is 1.48. The van der Waals surface area contributed by atoms with Crippen LogP contribution in [0.4, 0.5) is 10.5 Å². The van der Waals surface area contributed by atoms with Crippen LogP contribution >= 0.6 is 0 Å². The zero-order valence-corrected chi connectivity index (χ0v) is 17.4. The summed E-state index contributed by atoms with van der Waals surface area (Å²) < 4.78 is 37.8. The lowest BCUT2D eigenvalue weighted by atomic mass is 10.1. The first-order valence-corrected chi connectivity index (χ1v) is 11.1. The summed E-state index contributed by atoms with van der Waals surface area (Å²) in [4.78, 5) is 12.4. The second-order valence-electron chi connectivity index (χ2n) is 7.14. The maximum atomic E-state index is 12.6. The number of rotatable bonds is 6. The second kappa shape index (κ2) is 9.28. The van der Waals surface area contributed by atoms with Gasteiger partial charge in [-0.25, -0.2) is 13.2 Å². The lowest BCUT2D eigenvalue weighted by Gasteiger charge is -2.30. The summed E-state index contributed by atoms with van der Waals surface area (Å²) in [5, 5.41) is 2.69. The third-order valence-electron chi connectivity index (χ3n) is 4.53. The van der Waals surface area contributed by atoms with Crippen molar-refractivity contribution in [3.63, 3.8) is 0 Å². The molecule has 1 aliphatic rings. The molecule has 8 heteroatoms. The van der Waals surface area contributed by atoms with E-state index in [2.05, 4.69) is 5.32 Å². The predicted molar refractivity (Wildman–Crippen MR) is 111 cm³/mol. The molecule has 2 aromatic rings. The first-order valence-electron chi connectivity index (χ1n) is 9.64. The van der Waals surface area contributed by atoms with Crippen LogP contribution in [0, 0.1) is 0 Å². The fourth-order valence-corrected chi connectivity index (χ4v) is 4.61. The SMILES string of the molecule is CC(C)Oc1ccc(NC(=O)OC2CCN(S(=O)(=O)c3ccccc3)CC2)cc1. The van der Waals surface area contributed by atoms with Crippen LogP contribution in [0.3, 0.4) is 0 Å². The molecule has 7 nitrogen and oxygen atoms in total. The Hall–Kier alpha value is -2.58. The van der Waals surface area contributed by atoms with Crippen LogP contribution < -0.4 is 10.1 Å². The van der Waals surface area contributed by atoms with Gasteiger partial charge < -0.3 is 9.47 Å². The highest BCUT2D eigenvalue weighted by molar-refractivity contribution is 7.89. The monoisotopic (exact) mass is 418 g/mol. The van der Waals surface area contributed by atoms with Gasteiger partial charge in [0.1, 0.15) is 11.9 Å². The average Bonchev–Trinajstić information content (AvgIpc) is 2.70. The van der Waals surface area contributed by atoms with E-state index in [-0.39, 0.29) is 17.1 Å². The molecule has 2 aromatic carbocycles. The van der Waals surface area contributed by atoms with E-state index in [4.69, 9.17) is 9.47 Å². The maximum absolute atomic E-state index is 12.6. The summed E-state index contributed by atoms with van der Waals surface area (Å²) in [6, 6.07) is 15.4. The molecule has 0 aromatic heterocycles. The largest absolute Gasteiger partial charge is 0.491 e. The molecule has 1 amide bonds. The molecule has 0 aliphatic carbocycles. The van der Waals surface area contributed by atoms with Crippen molar-refractivity contribution in [3.05, 3.63) is 54.6 Å². The minimum absolute atomic E-state index is 0.0790. The number of amides is 1.